The first kappa shape index (κ1) is 26.3. The van der Waals surface area contributed by atoms with Crippen LogP contribution in [0.5, 0.6) is 0 Å². The van der Waals surface area contributed by atoms with Crippen molar-refractivity contribution in [2.24, 2.45) is 5.92 Å². The molecule has 0 aromatic heterocycles. The lowest BCUT2D eigenvalue weighted by molar-refractivity contribution is -0.121. The molecule has 2 aliphatic heterocycles. The molecule has 1 fully saturated rings. The van der Waals surface area contributed by atoms with Gasteiger partial charge in [-0.1, -0.05) is 6.92 Å². The van der Waals surface area contributed by atoms with Gasteiger partial charge in [0.1, 0.15) is 0 Å². The number of carbonyl (C=O) groups is 3. The van der Waals surface area contributed by atoms with Crippen molar-refractivity contribution in [2.75, 3.05) is 35.2 Å². The van der Waals surface area contributed by atoms with Crippen LogP contribution in [0.1, 0.15) is 38.7 Å². The number of rotatable bonds is 6. The van der Waals surface area contributed by atoms with Crippen LogP contribution in [0.25, 0.3) is 0 Å². The molecule has 2 aliphatic rings. The van der Waals surface area contributed by atoms with E-state index < -0.39 is 15.9 Å². The van der Waals surface area contributed by atoms with Crippen molar-refractivity contribution >= 4 is 60.7 Å². The van der Waals surface area contributed by atoms with Crippen molar-refractivity contribution in [1.29, 1.82) is 0 Å². The first-order valence-electron chi connectivity index (χ1n) is 11.9. The number of hydrogen-bond acceptors (Lipinski definition) is 5. The summed E-state index contributed by atoms with van der Waals surface area (Å²) >= 11 is 3.42. The van der Waals surface area contributed by atoms with E-state index in [0.29, 0.717) is 60.3 Å². The van der Waals surface area contributed by atoms with E-state index in [4.69, 9.17) is 0 Å². The van der Waals surface area contributed by atoms with E-state index in [2.05, 4.69) is 26.6 Å². The summed E-state index contributed by atoms with van der Waals surface area (Å²) in [7, 11) is -3.90. The molecule has 1 saturated heterocycles. The number of piperidine rings is 1. The molecule has 4 rings (SSSR count). The minimum atomic E-state index is -3.90. The smallest absolute Gasteiger partial charge is 0.244 e. The zero-order valence-corrected chi connectivity index (χ0v) is 22.6. The van der Waals surface area contributed by atoms with Gasteiger partial charge in [-0.15, -0.1) is 0 Å². The minimum Gasteiger partial charge on any atom is -0.326 e. The van der Waals surface area contributed by atoms with Gasteiger partial charge in [0.2, 0.25) is 27.7 Å². The van der Waals surface area contributed by atoms with Crippen molar-refractivity contribution in [3.8, 4) is 0 Å². The maximum Gasteiger partial charge on any atom is 0.244 e. The third kappa shape index (κ3) is 5.47. The van der Waals surface area contributed by atoms with Crippen LogP contribution in [0.15, 0.2) is 45.8 Å². The molecular weight excluding hydrogens is 548 g/mol. The van der Waals surface area contributed by atoms with Crippen LogP contribution in [0, 0.1) is 5.92 Å². The molecule has 0 spiro atoms. The van der Waals surface area contributed by atoms with Crippen LogP contribution < -0.4 is 15.5 Å². The second-order valence-electron chi connectivity index (χ2n) is 9.01. The maximum absolute atomic E-state index is 13.6. The van der Waals surface area contributed by atoms with Gasteiger partial charge >= 0.3 is 0 Å². The molecule has 2 N–H and O–H groups in total. The van der Waals surface area contributed by atoms with Gasteiger partial charge in [-0.2, -0.15) is 4.31 Å². The number of anilines is 3. The largest absolute Gasteiger partial charge is 0.326 e. The molecule has 3 amide bonds. The lowest BCUT2D eigenvalue weighted by atomic mass is 9.98. The summed E-state index contributed by atoms with van der Waals surface area (Å²) in [4.78, 5) is 38.2. The molecule has 192 valence electrons. The van der Waals surface area contributed by atoms with Gasteiger partial charge in [0, 0.05) is 54.5 Å². The fourth-order valence-electron chi connectivity index (χ4n) is 4.63. The first-order chi connectivity index (χ1) is 17.1. The molecule has 2 aromatic rings. The molecule has 0 unspecified atom stereocenters. The molecule has 0 bridgehead atoms. The number of halogens is 1. The van der Waals surface area contributed by atoms with Crippen LogP contribution >= 0.6 is 15.9 Å². The normalized spacial score (nSPS) is 18.0. The van der Waals surface area contributed by atoms with Gasteiger partial charge in [0.05, 0.1) is 10.8 Å². The highest BCUT2D eigenvalue weighted by molar-refractivity contribution is 9.10. The average molecular weight is 578 g/mol. The molecule has 2 aromatic carbocycles. The number of sulfonamides is 1. The Hall–Kier alpha value is -2.76. The second kappa shape index (κ2) is 10.7. The zero-order valence-electron chi connectivity index (χ0n) is 20.2. The lowest BCUT2D eigenvalue weighted by Crippen LogP contribution is -2.43. The van der Waals surface area contributed by atoms with Gasteiger partial charge in [0.15, 0.2) is 0 Å². The molecule has 11 heteroatoms. The van der Waals surface area contributed by atoms with Gasteiger partial charge in [-0.05, 0) is 77.2 Å². The Bertz CT molecular complexity index is 1300. The van der Waals surface area contributed by atoms with Crippen LogP contribution in [-0.4, -0.2) is 50.1 Å². The summed E-state index contributed by atoms with van der Waals surface area (Å²) in [6.45, 7) is 4.13. The Kier molecular flexibility index (Phi) is 7.82. The molecule has 2 heterocycles. The molecule has 36 heavy (non-hydrogen) atoms. The van der Waals surface area contributed by atoms with Gasteiger partial charge in [-0.3, -0.25) is 14.4 Å². The highest BCUT2D eigenvalue weighted by Gasteiger charge is 2.36. The van der Waals surface area contributed by atoms with E-state index in [0.717, 1.165) is 5.56 Å². The Labute approximate surface area is 219 Å². The Balaban J connectivity index is 1.50. The molecule has 9 nitrogen and oxygen atoms in total. The second-order valence-corrected chi connectivity index (χ2v) is 11.8. The summed E-state index contributed by atoms with van der Waals surface area (Å²) in [5.41, 5.74) is 2.76. The third-order valence-electron chi connectivity index (χ3n) is 6.48. The highest BCUT2D eigenvalue weighted by Crippen LogP contribution is 2.37. The van der Waals surface area contributed by atoms with Crippen LogP contribution in [0.3, 0.4) is 0 Å². The number of hydrogen-bond donors (Lipinski definition) is 2. The maximum atomic E-state index is 13.6. The fraction of sp³-hybridized carbons (Fsp3) is 0.400. The summed E-state index contributed by atoms with van der Waals surface area (Å²) in [6.07, 6.45) is 2.15. The standard InChI is InChI=1S/C25H29BrN4O5S/c1-3-24(32)30-12-10-17-13-21(26)23(14-22(17)30)36(34,35)29-11-4-5-18(15-29)25(33)28-20-8-6-19(7-9-20)27-16(2)31/h6-9,13-14,18H,3-5,10-12,15H2,1-2H3,(H,27,31)(H,28,33)/t18-/m0/s1. The summed E-state index contributed by atoms with van der Waals surface area (Å²) in [5, 5.41) is 5.52. The summed E-state index contributed by atoms with van der Waals surface area (Å²) in [5.74, 6) is -0.987. The van der Waals surface area contributed by atoms with Crippen molar-refractivity contribution in [2.45, 2.75) is 44.4 Å². The van der Waals surface area contributed by atoms with Crippen molar-refractivity contribution in [1.82, 2.24) is 4.31 Å². The molecular formula is C25H29BrN4O5S. The fourth-order valence-corrected chi connectivity index (χ4v) is 7.23. The predicted octanol–water partition coefficient (Wildman–Crippen LogP) is 3.75. The third-order valence-corrected chi connectivity index (χ3v) is 9.30. The molecule has 0 aliphatic carbocycles. The quantitative estimate of drug-likeness (QED) is 0.543. The zero-order chi connectivity index (χ0) is 26.0. The lowest BCUT2D eigenvalue weighted by Gasteiger charge is -2.31. The molecule has 0 radical (unpaired) electrons. The Morgan fingerprint density at radius 3 is 2.36 bits per heavy atom. The van der Waals surface area contributed by atoms with E-state index in [-0.39, 0.29) is 29.2 Å². The van der Waals surface area contributed by atoms with Crippen molar-refractivity contribution < 1.29 is 22.8 Å². The number of benzene rings is 2. The number of carbonyl (C=O) groups excluding carboxylic acids is 3. The Morgan fingerprint density at radius 2 is 1.72 bits per heavy atom. The topological polar surface area (TPSA) is 116 Å². The summed E-state index contributed by atoms with van der Waals surface area (Å²) in [6, 6.07) is 10.1. The van der Waals surface area contributed by atoms with E-state index in [1.165, 1.54) is 11.2 Å². The Morgan fingerprint density at radius 1 is 1.06 bits per heavy atom. The van der Waals surface area contributed by atoms with E-state index >= 15 is 0 Å². The molecule has 0 saturated carbocycles. The predicted molar refractivity (Wildman–Crippen MR) is 141 cm³/mol. The summed E-state index contributed by atoms with van der Waals surface area (Å²) < 4.78 is 29.1. The van der Waals surface area contributed by atoms with Crippen LogP contribution in [0.4, 0.5) is 17.1 Å². The van der Waals surface area contributed by atoms with Crippen molar-refractivity contribution in [3.63, 3.8) is 0 Å². The van der Waals surface area contributed by atoms with E-state index in [1.807, 2.05) is 0 Å². The van der Waals surface area contributed by atoms with Gasteiger partial charge < -0.3 is 15.5 Å². The van der Waals surface area contributed by atoms with Crippen LogP contribution in [0.2, 0.25) is 0 Å². The van der Waals surface area contributed by atoms with E-state index in [1.54, 1.807) is 48.2 Å². The van der Waals surface area contributed by atoms with Gasteiger partial charge in [0.25, 0.3) is 0 Å². The average Bonchev–Trinajstić information content (AvgIpc) is 3.26. The first-order valence-corrected chi connectivity index (χ1v) is 14.1. The van der Waals surface area contributed by atoms with Gasteiger partial charge in [-0.25, -0.2) is 8.42 Å². The van der Waals surface area contributed by atoms with Crippen LogP contribution in [-0.2, 0) is 30.8 Å². The number of fused-ring (bicyclic) bond motifs is 1. The van der Waals surface area contributed by atoms with Crippen molar-refractivity contribution in [3.05, 3.63) is 46.4 Å². The van der Waals surface area contributed by atoms with E-state index in [9.17, 15) is 22.8 Å². The highest BCUT2D eigenvalue weighted by atomic mass is 79.9. The minimum absolute atomic E-state index is 0.0424. The SMILES string of the molecule is CCC(=O)N1CCc2cc(Br)c(S(=O)(=O)N3CCC[C@H](C(=O)Nc4ccc(NC(C)=O)cc4)C3)cc21. The number of nitrogens with one attached hydrogen (secondary N) is 2. The number of amides is 3. The number of nitrogens with zero attached hydrogens (tertiary/aromatic N) is 2. The monoisotopic (exact) mass is 576 g/mol. The molecule has 1 atom stereocenters.